The maximum atomic E-state index is 13.8. The quantitative estimate of drug-likeness (QED) is 0.458. The first kappa shape index (κ1) is 23.0. The van der Waals surface area contributed by atoms with Crippen LogP contribution in [-0.2, 0) is 19.1 Å². The van der Waals surface area contributed by atoms with Crippen LogP contribution in [0.4, 0.5) is 10.1 Å². The number of aromatic amines is 1. The molecule has 0 radical (unpaired) electrons. The molecule has 1 aromatic carbocycles. The summed E-state index contributed by atoms with van der Waals surface area (Å²) in [6.07, 6.45) is 2.68. The average Bonchev–Trinajstić information content (AvgIpc) is 3.39. The minimum absolute atomic E-state index is 0.0795. The Bertz CT molecular complexity index is 1290. The molecule has 3 N–H and O–H groups in total. The number of benzene rings is 1. The third-order valence-electron chi connectivity index (χ3n) is 6.80. The molecule has 35 heavy (non-hydrogen) atoms. The van der Waals surface area contributed by atoms with Crippen LogP contribution < -0.4 is 10.6 Å². The second-order valence-electron chi connectivity index (χ2n) is 9.04. The molecule has 4 amide bonds. The van der Waals surface area contributed by atoms with Gasteiger partial charge < -0.3 is 20.4 Å². The lowest BCUT2D eigenvalue weighted by Crippen LogP contribution is -2.47. The van der Waals surface area contributed by atoms with E-state index in [1.54, 1.807) is 19.9 Å². The number of amides is 4. The van der Waals surface area contributed by atoms with Gasteiger partial charge in [-0.25, -0.2) is 4.39 Å². The Labute approximate surface area is 200 Å². The van der Waals surface area contributed by atoms with Gasteiger partial charge in [0.2, 0.25) is 5.91 Å². The van der Waals surface area contributed by atoms with Gasteiger partial charge >= 0.3 is 0 Å². The van der Waals surface area contributed by atoms with Crippen LogP contribution >= 0.6 is 0 Å². The summed E-state index contributed by atoms with van der Waals surface area (Å²) in [6.45, 7) is 4.42. The number of halogens is 1. The molecule has 5 rings (SSSR count). The minimum Gasteiger partial charge on any atom is -0.381 e. The lowest BCUT2D eigenvalue weighted by Gasteiger charge is -2.29. The number of nitrogens with one attached hydrogen (secondary N) is 3. The Morgan fingerprint density at radius 3 is 2.69 bits per heavy atom. The lowest BCUT2D eigenvalue weighted by molar-refractivity contribution is -0.143. The highest BCUT2D eigenvalue weighted by atomic mass is 19.1. The van der Waals surface area contributed by atoms with Crippen molar-refractivity contribution >= 4 is 41.0 Å². The van der Waals surface area contributed by atoms with Crippen molar-refractivity contribution in [1.29, 1.82) is 0 Å². The molecule has 3 aliphatic rings. The summed E-state index contributed by atoms with van der Waals surface area (Å²) in [7, 11) is 0. The highest BCUT2D eigenvalue weighted by Crippen LogP contribution is 2.34. The highest BCUT2D eigenvalue weighted by molar-refractivity contribution is 6.35. The van der Waals surface area contributed by atoms with Gasteiger partial charge in [-0.15, -0.1) is 0 Å². The van der Waals surface area contributed by atoms with Crippen LogP contribution in [0.3, 0.4) is 0 Å². The number of aryl methyl sites for hydroxylation is 1. The van der Waals surface area contributed by atoms with Crippen molar-refractivity contribution in [2.24, 2.45) is 0 Å². The highest BCUT2D eigenvalue weighted by Gasteiger charge is 2.43. The predicted molar refractivity (Wildman–Crippen MR) is 125 cm³/mol. The fourth-order valence-corrected chi connectivity index (χ4v) is 5.03. The fraction of sp³-hybridized carbons (Fsp3) is 0.360. The molecular weight excluding hydrogens is 455 g/mol. The summed E-state index contributed by atoms with van der Waals surface area (Å²) in [4.78, 5) is 55.5. The molecule has 2 fully saturated rings. The van der Waals surface area contributed by atoms with E-state index in [0.717, 1.165) is 0 Å². The van der Waals surface area contributed by atoms with E-state index in [0.29, 0.717) is 59.8 Å². The number of hydrogen-bond acceptors (Lipinski definition) is 5. The van der Waals surface area contributed by atoms with Crippen LogP contribution in [0.2, 0.25) is 0 Å². The number of ether oxygens (including phenoxy) is 1. The lowest BCUT2D eigenvalue weighted by atomic mass is 10.0. The van der Waals surface area contributed by atoms with Crippen molar-refractivity contribution in [2.75, 3.05) is 18.5 Å². The van der Waals surface area contributed by atoms with Gasteiger partial charge in [-0.1, -0.05) is 0 Å². The zero-order valence-corrected chi connectivity index (χ0v) is 19.4. The second kappa shape index (κ2) is 8.77. The van der Waals surface area contributed by atoms with Gasteiger partial charge in [0.1, 0.15) is 11.9 Å². The molecule has 0 saturated carbocycles. The summed E-state index contributed by atoms with van der Waals surface area (Å²) in [5.41, 5.74) is 3.20. The Morgan fingerprint density at radius 1 is 1.20 bits per heavy atom. The first-order chi connectivity index (χ1) is 16.7. The molecular formula is C25H25FN4O5. The molecule has 1 aromatic heterocycles. The van der Waals surface area contributed by atoms with Crippen LogP contribution in [0.25, 0.3) is 11.6 Å². The zero-order valence-electron chi connectivity index (χ0n) is 19.4. The summed E-state index contributed by atoms with van der Waals surface area (Å²) in [6, 6.07) is 2.92. The van der Waals surface area contributed by atoms with Gasteiger partial charge in [-0.2, -0.15) is 0 Å². The molecule has 0 aliphatic carbocycles. The number of likely N-dealkylation sites (tertiary alicyclic amines) is 1. The third kappa shape index (κ3) is 4.03. The SMILES string of the molecule is Cc1[nH]c(/C=C2\C(=O)Nc3ccc(F)cc32)c(C)c1C(=O)N[C@H]1CC(=O)N(C2CCOCC2)C1=O. The standard InChI is InChI=1S/C25H25FN4O5/c1-12-19(10-17-16-9-14(26)3-4-18(16)28-23(17)32)27-13(2)22(12)24(33)29-20-11-21(31)30(25(20)34)15-5-7-35-8-6-15/h3-4,9-10,15,20,27H,5-8,11H2,1-2H3,(H,28,32)(H,29,33)/b17-10-/t20-/m0/s1. The molecule has 3 aliphatic heterocycles. The molecule has 10 heteroatoms. The van der Waals surface area contributed by atoms with E-state index in [1.165, 1.54) is 23.1 Å². The summed E-state index contributed by atoms with van der Waals surface area (Å²) >= 11 is 0. The van der Waals surface area contributed by atoms with E-state index in [9.17, 15) is 23.6 Å². The summed E-state index contributed by atoms with van der Waals surface area (Å²) in [5.74, 6) is -2.01. The number of imide groups is 1. The maximum Gasteiger partial charge on any atom is 0.256 e. The molecule has 9 nitrogen and oxygen atoms in total. The first-order valence-electron chi connectivity index (χ1n) is 11.5. The van der Waals surface area contributed by atoms with E-state index in [1.807, 2.05) is 0 Å². The molecule has 1 atom stereocenters. The normalized spacial score (nSPS) is 21.6. The largest absolute Gasteiger partial charge is 0.381 e. The van der Waals surface area contributed by atoms with Crippen molar-refractivity contribution in [3.8, 4) is 0 Å². The van der Waals surface area contributed by atoms with Crippen LogP contribution in [0.15, 0.2) is 18.2 Å². The molecule has 0 bridgehead atoms. The Morgan fingerprint density at radius 2 is 1.94 bits per heavy atom. The Kier molecular flexibility index (Phi) is 5.76. The van der Waals surface area contributed by atoms with Gasteiger partial charge in [0.05, 0.1) is 17.6 Å². The van der Waals surface area contributed by atoms with Crippen LogP contribution in [0.1, 0.15) is 52.1 Å². The van der Waals surface area contributed by atoms with Crippen LogP contribution in [0, 0.1) is 19.7 Å². The summed E-state index contributed by atoms with van der Waals surface area (Å²) < 4.78 is 19.1. The second-order valence-corrected chi connectivity index (χ2v) is 9.04. The number of carbonyl (C=O) groups excluding carboxylic acids is 4. The van der Waals surface area contributed by atoms with E-state index in [4.69, 9.17) is 4.74 Å². The van der Waals surface area contributed by atoms with Crippen molar-refractivity contribution < 1.29 is 28.3 Å². The van der Waals surface area contributed by atoms with Gasteiger partial charge in [0.25, 0.3) is 17.7 Å². The monoisotopic (exact) mass is 480 g/mol. The molecule has 182 valence electrons. The molecule has 2 saturated heterocycles. The van der Waals surface area contributed by atoms with Crippen LogP contribution in [-0.4, -0.2) is 58.8 Å². The van der Waals surface area contributed by atoms with E-state index < -0.39 is 23.7 Å². The molecule has 0 unspecified atom stereocenters. The van der Waals surface area contributed by atoms with Crippen molar-refractivity contribution in [1.82, 2.24) is 15.2 Å². The van der Waals surface area contributed by atoms with E-state index in [-0.39, 0.29) is 29.9 Å². The molecule has 4 heterocycles. The zero-order chi connectivity index (χ0) is 24.9. The number of H-pyrrole nitrogens is 1. The third-order valence-corrected chi connectivity index (χ3v) is 6.80. The van der Waals surface area contributed by atoms with Crippen molar-refractivity contribution in [3.63, 3.8) is 0 Å². The molecule has 0 spiro atoms. The van der Waals surface area contributed by atoms with E-state index in [2.05, 4.69) is 15.6 Å². The minimum atomic E-state index is -0.927. The number of aromatic nitrogens is 1. The number of carbonyl (C=O) groups is 4. The number of hydrogen-bond donors (Lipinski definition) is 3. The average molecular weight is 480 g/mol. The predicted octanol–water partition coefficient (Wildman–Crippen LogP) is 2.30. The number of nitrogens with zero attached hydrogens (tertiary/aromatic N) is 1. The number of anilines is 1. The number of fused-ring (bicyclic) bond motifs is 1. The first-order valence-corrected chi connectivity index (χ1v) is 11.5. The Balaban J connectivity index is 1.37. The number of rotatable bonds is 4. The van der Waals surface area contributed by atoms with Crippen molar-refractivity contribution in [3.05, 3.63) is 52.1 Å². The molecule has 2 aromatic rings. The van der Waals surface area contributed by atoms with Gasteiger partial charge in [0.15, 0.2) is 0 Å². The smallest absolute Gasteiger partial charge is 0.256 e. The van der Waals surface area contributed by atoms with Crippen LogP contribution in [0.5, 0.6) is 0 Å². The fourth-order valence-electron chi connectivity index (χ4n) is 5.03. The Hall–Kier alpha value is -3.79. The van der Waals surface area contributed by atoms with Crippen molar-refractivity contribution in [2.45, 2.75) is 45.2 Å². The topological polar surface area (TPSA) is 121 Å². The summed E-state index contributed by atoms with van der Waals surface area (Å²) in [5, 5.41) is 5.41. The van der Waals surface area contributed by atoms with E-state index >= 15 is 0 Å². The van der Waals surface area contributed by atoms with Gasteiger partial charge in [0, 0.05) is 41.9 Å². The van der Waals surface area contributed by atoms with Gasteiger partial charge in [-0.05, 0) is 56.5 Å². The maximum absolute atomic E-state index is 13.8. The van der Waals surface area contributed by atoms with Gasteiger partial charge in [-0.3, -0.25) is 24.1 Å².